The second-order valence-electron chi connectivity index (χ2n) is 16.2. The van der Waals surface area contributed by atoms with E-state index in [1.807, 2.05) is 23.9 Å². The SMILES string of the molecule is CCCCNC(=O)CCCC(=O)Nc1ccc(SC2=C(/C=C/C3=[N+](CC)c4ccccc4C3(C)C)CCC/C2=C\C=C2\N(CC)c3ccccc3C2(C)C)cc1.[I-]. The molecule has 3 aliphatic rings. The van der Waals surface area contributed by atoms with Crippen LogP contribution < -0.4 is 39.5 Å². The predicted octanol–water partition coefficient (Wildman–Crippen LogP) is 8.53. The zero-order valence-electron chi connectivity index (χ0n) is 35.0. The third kappa shape index (κ3) is 9.88. The van der Waals surface area contributed by atoms with E-state index >= 15 is 0 Å². The van der Waals surface area contributed by atoms with Gasteiger partial charge in [-0.25, -0.2) is 0 Å². The highest BCUT2D eigenvalue weighted by molar-refractivity contribution is 8.03. The number of benzene rings is 3. The Morgan fingerprint density at radius 1 is 0.807 bits per heavy atom. The van der Waals surface area contributed by atoms with Crippen molar-refractivity contribution in [1.29, 1.82) is 0 Å². The lowest BCUT2D eigenvalue weighted by Gasteiger charge is -2.26. The van der Waals surface area contributed by atoms with E-state index in [0.717, 1.165) is 55.8 Å². The van der Waals surface area contributed by atoms with Crippen molar-refractivity contribution in [2.75, 3.05) is 29.9 Å². The molecule has 2 amide bonds. The quantitative estimate of drug-likeness (QED) is 0.0913. The molecule has 0 bridgehead atoms. The van der Waals surface area contributed by atoms with Crippen molar-refractivity contribution in [2.24, 2.45) is 0 Å². The number of hydrogen-bond donors (Lipinski definition) is 2. The Balaban J connectivity index is 0.00000620. The van der Waals surface area contributed by atoms with E-state index in [0.29, 0.717) is 25.8 Å². The van der Waals surface area contributed by atoms with Crippen molar-refractivity contribution < 1.29 is 38.1 Å². The Hall–Kier alpha value is -3.89. The molecule has 0 saturated heterocycles. The molecule has 0 spiro atoms. The van der Waals surface area contributed by atoms with Gasteiger partial charge in [-0.15, -0.1) is 0 Å². The number of carbonyl (C=O) groups excluding carboxylic acids is 2. The number of amides is 2. The summed E-state index contributed by atoms with van der Waals surface area (Å²) >= 11 is 1.82. The highest BCUT2D eigenvalue weighted by atomic mass is 127. The first-order valence-corrected chi connectivity index (χ1v) is 21.6. The topological polar surface area (TPSA) is 64.5 Å². The van der Waals surface area contributed by atoms with E-state index in [2.05, 4.69) is 154 Å². The number of nitrogens with zero attached hydrogens (tertiary/aromatic N) is 2. The third-order valence-corrected chi connectivity index (χ3v) is 12.8. The summed E-state index contributed by atoms with van der Waals surface area (Å²) in [5, 5.41) is 5.96. The Morgan fingerprint density at radius 2 is 1.51 bits per heavy atom. The van der Waals surface area contributed by atoms with Crippen LogP contribution in [0.1, 0.15) is 111 Å². The minimum Gasteiger partial charge on any atom is -1.00 e. The summed E-state index contributed by atoms with van der Waals surface area (Å²) in [5.41, 5.74) is 11.3. The molecule has 6 rings (SSSR count). The molecule has 2 aliphatic heterocycles. The maximum absolute atomic E-state index is 12.7. The van der Waals surface area contributed by atoms with Gasteiger partial charge in [-0.05, 0) is 113 Å². The van der Waals surface area contributed by atoms with Gasteiger partial charge in [-0.2, -0.15) is 4.58 Å². The van der Waals surface area contributed by atoms with E-state index in [9.17, 15) is 9.59 Å². The number of likely N-dealkylation sites (N-methyl/N-ethyl adjacent to an activating group) is 1. The molecule has 0 saturated carbocycles. The van der Waals surface area contributed by atoms with Gasteiger partial charge in [-0.1, -0.05) is 87.5 Å². The van der Waals surface area contributed by atoms with Crippen LogP contribution in [-0.2, 0) is 20.4 Å². The number of allylic oxidation sites excluding steroid dienone is 7. The molecular weight excluding hydrogens is 836 g/mol. The van der Waals surface area contributed by atoms with E-state index < -0.39 is 0 Å². The number of carbonyl (C=O) groups is 2. The molecule has 3 aromatic rings. The lowest BCUT2D eigenvalue weighted by atomic mass is 9.81. The first-order valence-electron chi connectivity index (χ1n) is 20.8. The first-order chi connectivity index (χ1) is 27.0. The van der Waals surface area contributed by atoms with Crippen molar-refractivity contribution in [3.05, 3.63) is 130 Å². The first kappa shape index (κ1) is 44.2. The molecule has 0 aromatic heterocycles. The summed E-state index contributed by atoms with van der Waals surface area (Å²) in [6.07, 6.45) is 15.9. The standard InChI is InChI=1S/C49H60N4O2S.HI/c1-8-11-34-50-45(54)24-17-25-46(55)51-37-28-30-38(31-29-37)56-47-35(26-32-43-48(4,5)39-20-12-14-22-41(39)52(43)9-2)18-16-19-36(47)27-33-44-49(6,7)40-21-13-15-23-42(40)53(44)10-3;/h12-15,20-23,26-33H,8-11,16-19,24-25,34H2,1-7H3,(H-,50,51,54,55);1H. The number of rotatable bonds is 15. The van der Waals surface area contributed by atoms with Crippen molar-refractivity contribution >= 4 is 46.4 Å². The molecule has 6 nitrogen and oxygen atoms in total. The normalized spacial score (nSPS) is 18.3. The number of unbranched alkanes of at least 4 members (excludes halogenated alkanes) is 1. The number of nitrogens with one attached hydrogen (secondary N) is 2. The van der Waals surface area contributed by atoms with Crippen LogP contribution in [0, 0.1) is 0 Å². The maximum atomic E-state index is 12.7. The summed E-state index contributed by atoms with van der Waals surface area (Å²) in [4.78, 5) is 29.7. The van der Waals surface area contributed by atoms with Gasteiger partial charge in [-0.3, -0.25) is 9.59 Å². The van der Waals surface area contributed by atoms with Crippen molar-refractivity contribution in [3.63, 3.8) is 0 Å². The Morgan fingerprint density at radius 3 is 2.23 bits per heavy atom. The van der Waals surface area contributed by atoms with E-state index in [4.69, 9.17) is 0 Å². The van der Waals surface area contributed by atoms with Gasteiger partial charge >= 0.3 is 0 Å². The average Bonchev–Trinajstić information content (AvgIpc) is 3.55. The van der Waals surface area contributed by atoms with Gasteiger partial charge in [0.25, 0.3) is 0 Å². The number of hydrogen-bond acceptors (Lipinski definition) is 4. The second kappa shape index (κ2) is 19.7. The summed E-state index contributed by atoms with van der Waals surface area (Å²) < 4.78 is 2.47. The maximum Gasteiger partial charge on any atom is 0.224 e. The van der Waals surface area contributed by atoms with Crippen LogP contribution in [0.15, 0.2) is 124 Å². The number of fused-ring (bicyclic) bond motifs is 2. The summed E-state index contributed by atoms with van der Waals surface area (Å²) in [5.74, 6) is -0.0531. The van der Waals surface area contributed by atoms with Crippen LogP contribution in [0.25, 0.3) is 0 Å². The molecule has 2 N–H and O–H groups in total. The average molecular weight is 897 g/mol. The fraction of sp³-hybridized carbons (Fsp3) is 0.408. The minimum atomic E-state index is -0.0945. The zero-order valence-corrected chi connectivity index (χ0v) is 38.0. The highest BCUT2D eigenvalue weighted by Gasteiger charge is 2.43. The van der Waals surface area contributed by atoms with Crippen LogP contribution in [0.2, 0.25) is 0 Å². The molecule has 57 heavy (non-hydrogen) atoms. The number of thioether (sulfide) groups is 1. The zero-order chi connectivity index (χ0) is 39.9. The van der Waals surface area contributed by atoms with Crippen LogP contribution in [0.4, 0.5) is 17.1 Å². The Bertz CT molecular complexity index is 2090. The molecule has 0 unspecified atom stereocenters. The lowest BCUT2D eigenvalue weighted by Crippen LogP contribution is -3.00. The molecule has 0 fully saturated rings. The second-order valence-corrected chi connectivity index (χ2v) is 17.3. The minimum absolute atomic E-state index is 0. The van der Waals surface area contributed by atoms with Gasteiger partial charge in [0, 0.05) is 75.9 Å². The Labute approximate surface area is 363 Å². The molecule has 8 heteroatoms. The molecule has 302 valence electrons. The number of para-hydroxylation sites is 2. The van der Waals surface area contributed by atoms with Gasteiger partial charge < -0.3 is 39.5 Å². The summed E-state index contributed by atoms with van der Waals surface area (Å²) in [7, 11) is 0. The summed E-state index contributed by atoms with van der Waals surface area (Å²) in [6.45, 7) is 18.5. The van der Waals surface area contributed by atoms with Gasteiger partial charge in [0.15, 0.2) is 5.71 Å². The van der Waals surface area contributed by atoms with Crippen LogP contribution in [0.3, 0.4) is 0 Å². The van der Waals surface area contributed by atoms with Gasteiger partial charge in [0.2, 0.25) is 17.5 Å². The van der Waals surface area contributed by atoms with E-state index in [1.165, 1.54) is 50.0 Å². The van der Waals surface area contributed by atoms with E-state index in [-0.39, 0.29) is 46.6 Å². The van der Waals surface area contributed by atoms with Crippen molar-refractivity contribution in [1.82, 2.24) is 5.32 Å². The molecular formula is C49H61IN4O2S. The molecule has 0 atom stereocenters. The number of halogens is 1. The van der Waals surface area contributed by atoms with Crippen LogP contribution in [-0.4, -0.2) is 41.7 Å². The molecule has 3 aromatic carbocycles. The van der Waals surface area contributed by atoms with Crippen molar-refractivity contribution in [2.45, 2.75) is 116 Å². The molecule has 1 aliphatic carbocycles. The Kier molecular flexibility index (Phi) is 15.3. The molecule has 2 heterocycles. The fourth-order valence-corrected chi connectivity index (χ4v) is 9.63. The van der Waals surface area contributed by atoms with Gasteiger partial charge in [0.05, 0.1) is 5.41 Å². The van der Waals surface area contributed by atoms with Crippen molar-refractivity contribution in [3.8, 4) is 0 Å². The highest BCUT2D eigenvalue weighted by Crippen LogP contribution is 2.48. The smallest absolute Gasteiger partial charge is 0.224 e. The van der Waals surface area contributed by atoms with Gasteiger partial charge in [0.1, 0.15) is 6.54 Å². The largest absolute Gasteiger partial charge is 1.00 e. The monoisotopic (exact) mass is 896 g/mol. The van der Waals surface area contributed by atoms with Crippen LogP contribution in [0.5, 0.6) is 0 Å². The van der Waals surface area contributed by atoms with Crippen LogP contribution >= 0.6 is 11.8 Å². The predicted molar refractivity (Wildman–Crippen MR) is 236 cm³/mol. The van der Waals surface area contributed by atoms with E-state index in [1.54, 1.807) is 0 Å². The lowest BCUT2D eigenvalue weighted by molar-refractivity contribution is -0.433. The number of anilines is 2. The molecule has 0 radical (unpaired) electrons. The third-order valence-electron chi connectivity index (χ3n) is 11.6. The fourth-order valence-electron chi connectivity index (χ4n) is 8.52. The summed E-state index contributed by atoms with van der Waals surface area (Å²) in [6, 6.07) is 25.9.